The average Bonchev–Trinajstić information content (AvgIpc) is 3.06. The Bertz CT molecular complexity index is 1030. The summed E-state index contributed by atoms with van der Waals surface area (Å²) in [6, 6.07) is 4.35. The molecule has 3 aromatic rings. The third-order valence-corrected chi connectivity index (χ3v) is 5.17. The molecule has 0 radical (unpaired) electrons. The van der Waals surface area contributed by atoms with E-state index in [1.807, 2.05) is 20.8 Å². The fourth-order valence-corrected chi connectivity index (χ4v) is 3.22. The lowest BCUT2D eigenvalue weighted by Gasteiger charge is -2.22. The van der Waals surface area contributed by atoms with Crippen molar-refractivity contribution in [2.45, 2.75) is 26.8 Å². The summed E-state index contributed by atoms with van der Waals surface area (Å²) in [7, 11) is 1.26. The predicted octanol–water partition coefficient (Wildman–Crippen LogP) is 5.09. The molecule has 0 unspecified atom stereocenters. The number of halogens is 3. The van der Waals surface area contributed by atoms with Crippen molar-refractivity contribution in [2.24, 2.45) is 5.92 Å². The van der Waals surface area contributed by atoms with E-state index >= 15 is 0 Å². The Balaban J connectivity index is 2.37. The maximum Gasteiger partial charge on any atom is 0.343 e. The monoisotopic (exact) mass is 424 g/mol. The minimum Gasteiger partial charge on any atom is -0.465 e. The number of benzene rings is 1. The number of ether oxygens (including phenoxy) is 1. The highest BCUT2D eigenvalue weighted by Gasteiger charge is 2.26. The number of rotatable bonds is 5. The predicted molar refractivity (Wildman–Crippen MR) is 108 cm³/mol. The number of esters is 1. The fourth-order valence-electron chi connectivity index (χ4n) is 2.69. The molecule has 28 heavy (non-hydrogen) atoms. The van der Waals surface area contributed by atoms with Crippen LogP contribution in [-0.4, -0.2) is 33.7 Å². The van der Waals surface area contributed by atoms with Gasteiger partial charge in [0.15, 0.2) is 5.65 Å². The minimum atomic E-state index is -0.599. The lowest BCUT2D eigenvalue weighted by molar-refractivity contribution is 0.0602. The molecular weight excluding hydrogens is 406 g/mol. The van der Waals surface area contributed by atoms with Crippen LogP contribution in [0, 0.1) is 11.7 Å². The first-order chi connectivity index (χ1) is 13.3. The van der Waals surface area contributed by atoms with Crippen LogP contribution in [-0.2, 0) is 4.74 Å². The van der Waals surface area contributed by atoms with Gasteiger partial charge < -0.3 is 10.1 Å². The average molecular weight is 425 g/mol. The first-order valence-corrected chi connectivity index (χ1v) is 9.38. The molecule has 0 amide bonds. The summed E-state index contributed by atoms with van der Waals surface area (Å²) >= 11 is 12.7. The first-order valence-electron chi connectivity index (χ1n) is 8.62. The van der Waals surface area contributed by atoms with Gasteiger partial charge in [0.1, 0.15) is 22.4 Å². The number of hydrogen-bond acceptors (Lipinski definition) is 5. The third kappa shape index (κ3) is 3.52. The second-order valence-electron chi connectivity index (χ2n) is 6.69. The minimum absolute atomic E-state index is 0.0105. The molecule has 0 bridgehead atoms. The molecule has 0 aliphatic rings. The van der Waals surface area contributed by atoms with Gasteiger partial charge in [0.05, 0.1) is 23.9 Å². The van der Waals surface area contributed by atoms with E-state index < -0.39 is 11.8 Å². The largest absolute Gasteiger partial charge is 0.465 e. The zero-order valence-electron chi connectivity index (χ0n) is 15.8. The third-order valence-electron chi connectivity index (χ3n) is 4.59. The Morgan fingerprint density at radius 2 is 1.96 bits per heavy atom. The Morgan fingerprint density at radius 3 is 2.57 bits per heavy atom. The van der Waals surface area contributed by atoms with Crippen molar-refractivity contribution in [3.8, 4) is 11.1 Å². The van der Waals surface area contributed by atoms with Crippen LogP contribution in [0.25, 0.3) is 16.8 Å². The van der Waals surface area contributed by atoms with Crippen LogP contribution in [0.3, 0.4) is 0 Å². The number of carbonyl (C=O) groups is 1. The van der Waals surface area contributed by atoms with Gasteiger partial charge in [-0.05, 0) is 25.0 Å². The molecule has 9 heteroatoms. The number of anilines is 1. The number of methoxy groups -OCH3 is 1. The van der Waals surface area contributed by atoms with E-state index in [4.69, 9.17) is 27.9 Å². The summed E-state index contributed by atoms with van der Waals surface area (Å²) in [4.78, 5) is 16.3. The van der Waals surface area contributed by atoms with Gasteiger partial charge in [-0.3, -0.25) is 0 Å². The molecule has 6 nitrogen and oxygen atoms in total. The van der Waals surface area contributed by atoms with E-state index in [0.717, 1.165) is 0 Å². The lowest BCUT2D eigenvalue weighted by atomic mass is 10.0. The Labute approximate surface area is 171 Å². The van der Waals surface area contributed by atoms with Crippen molar-refractivity contribution in [1.29, 1.82) is 0 Å². The molecule has 2 heterocycles. The van der Waals surface area contributed by atoms with E-state index in [0.29, 0.717) is 5.82 Å². The van der Waals surface area contributed by atoms with Crippen molar-refractivity contribution in [3.63, 3.8) is 0 Å². The first kappa shape index (κ1) is 20.4. The topological polar surface area (TPSA) is 68.5 Å². The van der Waals surface area contributed by atoms with Gasteiger partial charge in [-0.2, -0.15) is 9.61 Å². The quantitative estimate of drug-likeness (QED) is 0.456. The molecule has 0 aliphatic carbocycles. The number of aromatic nitrogens is 3. The molecule has 2 aromatic heterocycles. The summed E-state index contributed by atoms with van der Waals surface area (Å²) in [5.74, 6) is -0.505. The lowest BCUT2D eigenvalue weighted by Crippen LogP contribution is -2.24. The summed E-state index contributed by atoms with van der Waals surface area (Å²) < 4.78 is 20.9. The van der Waals surface area contributed by atoms with Crippen LogP contribution < -0.4 is 5.32 Å². The molecule has 0 saturated carbocycles. The summed E-state index contributed by atoms with van der Waals surface area (Å²) in [6.07, 6.45) is 1.34. The number of carbonyl (C=O) groups excluding carboxylic acids is 1. The molecule has 1 atom stereocenters. The Morgan fingerprint density at radius 1 is 1.25 bits per heavy atom. The van der Waals surface area contributed by atoms with E-state index in [9.17, 15) is 9.18 Å². The molecule has 3 rings (SSSR count). The van der Waals surface area contributed by atoms with E-state index in [2.05, 4.69) is 15.4 Å². The maximum absolute atomic E-state index is 14.7. The summed E-state index contributed by atoms with van der Waals surface area (Å²) in [6.45, 7) is 6.05. The molecule has 0 saturated heterocycles. The van der Waals surface area contributed by atoms with E-state index in [1.165, 1.54) is 30.0 Å². The normalized spacial score (nSPS) is 12.4. The van der Waals surface area contributed by atoms with Crippen LogP contribution in [0.1, 0.15) is 31.1 Å². The van der Waals surface area contributed by atoms with Crippen molar-refractivity contribution in [1.82, 2.24) is 14.6 Å². The maximum atomic E-state index is 14.7. The van der Waals surface area contributed by atoms with Gasteiger partial charge in [-0.15, -0.1) is 0 Å². The van der Waals surface area contributed by atoms with Crippen molar-refractivity contribution in [3.05, 3.63) is 46.0 Å². The van der Waals surface area contributed by atoms with Crippen LogP contribution >= 0.6 is 23.2 Å². The molecule has 1 aromatic carbocycles. The van der Waals surface area contributed by atoms with Crippen molar-refractivity contribution < 1.29 is 13.9 Å². The van der Waals surface area contributed by atoms with E-state index in [1.54, 1.807) is 6.07 Å². The zero-order chi connectivity index (χ0) is 20.6. The van der Waals surface area contributed by atoms with Crippen LogP contribution in [0.4, 0.5) is 10.2 Å². The number of nitrogens with one attached hydrogen (secondary N) is 1. The molecule has 1 N–H and O–H groups in total. The van der Waals surface area contributed by atoms with Gasteiger partial charge in [0.2, 0.25) is 0 Å². The highest BCUT2D eigenvalue weighted by molar-refractivity contribution is 6.36. The van der Waals surface area contributed by atoms with Gasteiger partial charge in [0, 0.05) is 11.6 Å². The number of hydrogen-bond donors (Lipinski definition) is 1. The van der Waals surface area contributed by atoms with Crippen LogP contribution in [0.5, 0.6) is 0 Å². The second-order valence-corrected chi connectivity index (χ2v) is 7.45. The highest BCUT2D eigenvalue weighted by Crippen LogP contribution is 2.40. The standard InChI is InChI=1S/C19H19Cl2FN4O2/c1-9(2)10(3)24-18-15(14-12(20)6-5-7-13(14)22)16(21)25-17-11(19(27)28-4)8-23-26(17)18/h5-10,24H,1-4H3/t10-/m1/s1. The Hall–Kier alpha value is -2.38. The smallest absolute Gasteiger partial charge is 0.343 e. The van der Waals surface area contributed by atoms with Crippen LogP contribution in [0.15, 0.2) is 24.4 Å². The van der Waals surface area contributed by atoms with Crippen molar-refractivity contribution >= 4 is 40.6 Å². The van der Waals surface area contributed by atoms with Gasteiger partial charge in [-0.25, -0.2) is 14.2 Å². The van der Waals surface area contributed by atoms with Crippen molar-refractivity contribution in [2.75, 3.05) is 12.4 Å². The second kappa shape index (κ2) is 7.93. The van der Waals surface area contributed by atoms with Gasteiger partial charge in [0.25, 0.3) is 0 Å². The highest BCUT2D eigenvalue weighted by atomic mass is 35.5. The summed E-state index contributed by atoms with van der Waals surface area (Å²) in [5, 5.41) is 7.74. The number of fused-ring (bicyclic) bond motifs is 1. The van der Waals surface area contributed by atoms with Gasteiger partial charge in [-0.1, -0.05) is 43.1 Å². The molecule has 0 fully saturated rings. The summed E-state index contributed by atoms with van der Waals surface area (Å²) in [5.41, 5.74) is 0.726. The number of nitrogens with zero attached hydrogens (tertiary/aromatic N) is 3. The molecule has 148 valence electrons. The fraction of sp³-hybridized carbons (Fsp3) is 0.316. The van der Waals surface area contributed by atoms with Crippen LogP contribution in [0.2, 0.25) is 10.2 Å². The molecule has 0 spiro atoms. The molecule has 0 aliphatic heterocycles. The van der Waals surface area contributed by atoms with E-state index in [-0.39, 0.29) is 44.5 Å². The van der Waals surface area contributed by atoms with Gasteiger partial charge >= 0.3 is 5.97 Å². The Kier molecular flexibility index (Phi) is 5.76. The SMILES string of the molecule is COC(=O)c1cnn2c(N[C@H](C)C(C)C)c(-c3c(F)cccc3Cl)c(Cl)nc12. The molecular formula is C19H19Cl2FN4O2. The zero-order valence-corrected chi connectivity index (χ0v) is 17.3.